The highest BCUT2D eigenvalue weighted by atomic mass is 35.5. The number of rotatable bonds is 0. The lowest BCUT2D eigenvalue weighted by Crippen LogP contribution is -2.44. The molecule has 1 aliphatic rings. The Hall–Kier alpha value is -1.06. The number of alkyl halides is 2. The summed E-state index contributed by atoms with van der Waals surface area (Å²) in [5, 5.41) is 2.55. The van der Waals surface area contributed by atoms with Gasteiger partial charge in [-0.2, -0.15) is 0 Å². The summed E-state index contributed by atoms with van der Waals surface area (Å²) in [5.74, 6) is -1.26. The average molecular weight is 258 g/mol. The summed E-state index contributed by atoms with van der Waals surface area (Å²) in [6, 6.07) is 3.55. The summed E-state index contributed by atoms with van der Waals surface area (Å²) in [7, 11) is 0. The minimum absolute atomic E-state index is 0.363. The van der Waals surface area contributed by atoms with E-state index in [1.807, 2.05) is 19.9 Å². The lowest BCUT2D eigenvalue weighted by Gasteiger charge is -2.26. The van der Waals surface area contributed by atoms with E-state index >= 15 is 0 Å². The summed E-state index contributed by atoms with van der Waals surface area (Å²) in [6.07, 6.45) is 0. The fourth-order valence-electron chi connectivity index (χ4n) is 1.78. The molecule has 3 nitrogen and oxygen atoms in total. The zero-order chi connectivity index (χ0) is 12.1. The van der Waals surface area contributed by atoms with Crippen LogP contribution < -0.4 is 5.32 Å². The predicted octanol–water partition coefficient (Wildman–Crippen LogP) is 2.61. The second-order valence-electron chi connectivity index (χ2n) is 3.86. The van der Waals surface area contributed by atoms with Crippen molar-refractivity contribution in [2.45, 2.75) is 18.2 Å². The van der Waals surface area contributed by atoms with E-state index in [0.29, 0.717) is 11.3 Å². The van der Waals surface area contributed by atoms with Crippen LogP contribution in [-0.2, 0) is 4.79 Å². The molecule has 1 amide bonds. The summed E-state index contributed by atoms with van der Waals surface area (Å²) in [5.41, 5.74) is 2.60. The number of amides is 1. The van der Waals surface area contributed by atoms with Crippen molar-refractivity contribution >= 4 is 40.6 Å². The largest absolute Gasteiger partial charge is 0.322 e. The summed E-state index contributed by atoms with van der Waals surface area (Å²) >= 11 is 11.4. The molecule has 16 heavy (non-hydrogen) atoms. The molecule has 1 heterocycles. The molecule has 0 spiro atoms. The van der Waals surface area contributed by atoms with Gasteiger partial charge < -0.3 is 5.32 Å². The van der Waals surface area contributed by atoms with Crippen LogP contribution in [0.1, 0.15) is 21.5 Å². The van der Waals surface area contributed by atoms with Gasteiger partial charge in [-0.1, -0.05) is 29.3 Å². The molecule has 0 atom stereocenters. The fraction of sp³-hybridized carbons (Fsp3) is 0.273. The van der Waals surface area contributed by atoms with Crippen LogP contribution >= 0.6 is 23.2 Å². The normalized spacial score (nSPS) is 18.0. The molecule has 0 fully saturated rings. The Labute approximate surface area is 103 Å². The minimum Gasteiger partial charge on any atom is -0.322 e. The van der Waals surface area contributed by atoms with Crippen molar-refractivity contribution in [3.8, 4) is 0 Å². The summed E-state index contributed by atoms with van der Waals surface area (Å²) in [4.78, 5) is 23.5. The molecule has 5 heteroatoms. The number of aryl methyl sites for hydroxylation is 2. The van der Waals surface area contributed by atoms with E-state index in [0.717, 1.165) is 11.1 Å². The maximum atomic E-state index is 11.9. The topological polar surface area (TPSA) is 46.2 Å². The van der Waals surface area contributed by atoms with Gasteiger partial charge in [-0.05, 0) is 31.0 Å². The van der Waals surface area contributed by atoms with Crippen LogP contribution in [0.4, 0.5) is 5.69 Å². The van der Waals surface area contributed by atoms with E-state index in [1.165, 1.54) is 0 Å². The van der Waals surface area contributed by atoms with Crippen LogP contribution in [0.25, 0.3) is 0 Å². The molecular weight excluding hydrogens is 249 g/mol. The second-order valence-corrected chi connectivity index (χ2v) is 5.19. The maximum absolute atomic E-state index is 11.9. The molecule has 0 aliphatic carbocycles. The molecule has 1 aromatic carbocycles. The summed E-state index contributed by atoms with van der Waals surface area (Å²) in [6.45, 7) is 3.68. The van der Waals surface area contributed by atoms with Gasteiger partial charge in [-0.25, -0.2) is 0 Å². The van der Waals surface area contributed by atoms with Crippen LogP contribution in [0.3, 0.4) is 0 Å². The van der Waals surface area contributed by atoms with Gasteiger partial charge in [0, 0.05) is 5.56 Å². The molecule has 0 unspecified atom stereocenters. The quantitative estimate of drug-likeness (QED) is 0.574. The Bertz CT molecular complexity index is 509. The smallest absolute Gasteiger partial charge is 0.269 e. The van der Waals surface area contributed by atoms with Crippen molar-refractivity contribution in [1.29, 1.82) is 0 Å². The van der Waals surface area contributed by atoms with Crippen LogP contribution in [0, 0.1) is 13.8 Å². The lowest BCUT2D eigenvalue weighted by atomic mass is 9.95. The predicted molar refractivity (Wildman–Crippen MR) is 63.3 cm³/mol. The monoisotopic (exact) mass is 257 g/mol. The first kappa shape index (κ1) is 11.4. The maximum Gasteiger partial charge on any atom is 0.269 e. The number of carbonyl (C=O) groups excluding carboxylic acids is 2. The van der Waals surface area contributed by atoms with Crippen LogP contribution in [0.15, 0.2) is 12.1 Å². The fourth-order valence-corrected chi connectivity index (χ4v) is 2.07. The molecule has 1 aliphatic heterocycles. The van der Waals surface area contributed by atoms with Crippen molar-refractivity contribution in [3.63, 3.8) is 0 Å². The first-order chi connectivity index (χ1) is 7.34. The Balaban J connectivity index is 2.69. The third-order valence-electron chi connectivity index (χ3n) is 2.53. The average Bonchev–Trinajstić information content (AvgIpc) is 2.18. The number of hydrogen-bond acceptors (Lipinski definition) is 2. The molecule has 2 rings (SSSR count). The highest BCUT2D eigenvalue weighted by molar-refractivity contribution is 6.71. The van der Waals surface area contributed by atoms with Crippen LogP contribution in [-0.4, -0.2) is 16.0 Å². The van der Waals surface area contributed by atoms with Crippen LogP contribution in [0.5, 0.6) is 0 Å². The Morgan fingerprint density at radius 2 is 1.81 bits per heavy atom. The minimum atomic E-state index is -2.02. The van der Waals surface area contributed by atoms with Gasteiger partial charge in [0.05, 0.1) is 5.69 Å². The van der Waals surface area contributed by atoms with E-state index < -0.39 is 16.0 Å². The van der Waals surface area contributed by atoms with Crippen molar-refractivity contribution in [2.24, 2.45) is 0 Å². The second kappa shape index (κ2) is 3.47. The number of nitrogens with one attached hydrogen (secondary N) is 1. The Kier molecular flexibility index (Phi) is 2.48. The Morgan fingerprint density at radius 1 is 1.19 bits per heavy atom. The van der Waals surface area contributed by atoms with E-state index in [1.54, 1.807) is 6.07 Å². The zero-order valence-corrected chi connectivity index (χ0v) is 10.2. The summed E-state index contributed by atoms with van der Waals surface area (Å²) < 4.78 is -2.02. The van der Waals surface area contributed by atoms with Crippen LogP contribution in [0.2, 0.25) is 0 Å². The third-order valence-corrected chi connectivity index (χ3v) is 3.22. The van der Waals surface area contributed by atoms with Gasteiger partial charge in [0.25, 0.3) is 10.2 Å². The first-order valence-electron chi connectivity index (χ1n) is 4.69. The van der Waals surface area contributed by atoms with E-state index in [9.17, 15) is 9.59 Å². The first-order valence-corrected chi connectivity index (χ1v) is 5.45. The van der Waals surface area contributed by atoms with Crippen molar-refractivity contribution in [1.82, 2.24) is 0 Å². The molecule has 0 radical (unpaired) electrons. The molecule has 0 bridgehead atoms. The van der Waals surface area contributed by atoms with Gasteiger partial charge in [-0.3, -0.25) is 9.59 Å². The van der Waals surface area contributed by atoms with E-state index in [2.05, 4.69) is 5.32 Å². The number of fused-ring (bicyclic) bond motifs is 1. The van der Waals surface area contributed by atoms with Crippen molar-refractivity contribution in [2.75, 3.05) is 5.32 Å². The van der Waals surface area contributed by atoms with Gasteiger partial charge in [-0.15, -0.1) is 0 Å². The number of hydrogen-bond donors (Lipinski definition) is 1. The Morgan fingerprint density at radius 3 is 2.44 bits per heavy atom. The third kappa shape index (κ3) is 1.51. The number of carbonyl (C=O) groups is 2. The molecule has 0 saturated heterocycles. The van der Waals surface area contributed by atoms with Gasteiger partial charge in [0.15, 0.2) is 0 Å². The number of ketones is 1. The lowest BCUT2D eigenvalue weighted by molar-refractivity contribution is -0.116. The molecule has 1 N–H and O–H groups in total. The molecule has 0 aromatic heterocycles. The van der Waals surface area contributed by atoms with Gasteiger partial charge in [0.1, 0.15) is 0 Å². The number of anilines is 1. The number of benzene rings is 1. The molecule has 1 aromatic rings. The molecular formula is C11H9Cl2NO2. The highest BCUT2D eigenvalue weighted by Crippen LogP contribution is 2.37. The van der Waals surface area contributed by atoms with Crippen molar-refractivity contribution in [3.05, 3.63) is 28.8 Å². The van der Waals surface area contributed by atoms with Gasteiger partial charge in [0.2, 0.25) is 5.78 Å². The number of Topliss-reactive ketones (excluding diaryl/α,β-unsaturated/α-hetero) is 1. The van der Waals surface area contributed by atoms with E-state index in [-0.39, 0.29) is 0 Å². The van der Waals surface area contributed by atoms with Crippen molar-refractivity contribution < 1.29 is 9.59 Å². The highest BCUT2D eigenvalue weighted by Gasteiger charge is 2.47. The zero-order valence-electron chi connectivity index (χ0n) is 8.73. The SMILES string of the molecule is Cc1cc(C)c2c(c1)C(=O)C(Cl)(Cl)C(=O)N2. The molecule has 84 valence electrons. The number of halogens is 2. The molecule has 0 saturated carbocycles. The van der Waals surface area contributed by atoms with Gasteiger partial charge >= 0.3 is 0 Å². The standard InChI is InChI=1S/C11H9Cl2NO2/c1-5-3-6(2)8-7(4-5)9(15)11(12,13)10(16)14-8/h3-4H,1-2H3,(H,14,16). The van der Waals surface area contributed by atoms with E-state index in [4.69, 9.17) is 23.2 Å².